The number of hydrogen-bond acceptors (Lipinski definition) is 1. The van der Waals surface area contributed by atoms with Crippen LogP contribution in [-0.2, 0) is 17.8 Å². The Morgan fingerprint density at radius 2 is 1.78 bits per heavy atom. The molecule has 122 valence electrons. The molecule has 1 aliphatic heterocycles. The predicted octanol–water partition coefficient (Wildman–Crippen LogP) is 4.31. The first-order chi connectivity index (χ1) is 11.1. The Morgan fingerprint density at radius 1 is 1.09 bits per heavy atom. The lowest BCUT2D eigenvalue weighted by molar-refractivity contribution is -0.156. The highest BCUT2D eigenvalue weighted by Crippen LogP contribution is 2.64. The molecule has 6 rings (SSSR count). The van der Waals surface area contributed by atoms with Gasteiger partial charge >= 0.3 is 0 Å². The summed E-state index contributed by atoms with van der Waals surface area (Å²) in [6.07, 6.45) is 8.34. The van der Waals surface area contributed by atoms with Crippen LogP contribution in [0.4, 0.5) is 0 Å². The molecule has 5 aliphatic rings. The normalized spacial score (nSPS) is 41.0. The molecule has 1 heterocycles. The minimum Gasteiger partial charge on any atom is -0.338 e. The Morgan fingerprint density at radius 3 is 2.48 bits per heavy atom. The molecule has 0 saturated heterocycles. The molecule has 2 nitrogen and oxygen atoms in total. The smallest absolute Gasteiger partial charge is 0.229 e. The number of nitrogens with zero attached hydrogens (tertiary/aromatic N) is 1. The van der Waals surface area contributed by atoms with E-state index in [4.69, 9.17) is 0 Å². The predicted molar refractivity (Wildman–Crippen MR) is 94.3 cm³/mol. The minimum absolute atomic E-state index is 0.0557. The van der Waals surface area contributed by atoms with Crippen molar-refractivity contribution in [1.29, 1.82) is 0 Å². The minimum atomic E-state index is -0.0557. The molecule has 1 amide bonds. The number of carbonyl (C=O) groups excluding carboxylic acids is 1. The summed E-state index contributed by atoms with van der Waals surface area (Å²) in [5.74, 6) is 2.01. The molecule has 1 aromatic rings. The number of benzene rings is 1. The summed E-state index contributed by atoms with van der Waals surface area (Å²) < 4.78 is 0.264. The number of carbonyl (C=O) groups is 1. The molecule has 2 unspecified atom stereocenters. The molecule has 4 bridgehead atoms. The van der Waals surface area contributed by atoms with Crippen LogP contribution in [0.1, 0.15) is 49.7 Å². The van der Waals surface area contributed by atoms with Gasteiger partial charge in [-0.15, -0.1) is 0 Å². The van der Waals surface area contributed by atoms with Crippen LogP contribution in [0, 0.1) is 17.3 Å². The van der Waals surface area contributed by atoms with Crippen LogP contribution in [0.5, 0.6) is 0 Å². The summed E-state index contributed by atoms with van der Waals surface area (Å²) in [4.78, 5) is 15.7. The largest absolute Gasteiger partial charge is 0.338 e. The number of fused-ring (bicyclic) bond motifs is 1. The van der Waals surface area contributed by atoms with Gasteiger partial charge in [-0.25, -0.2) is 0 Å². The molecule has 0 aromatic heterocycles. The van der Waals surface area contributed by atoms with Gasteiger partial charge in [0.05, 0.1) is 5.41 Å². The van der Waals surface area contributed by atoms with E-state index < -0.39 is 0 Å². The van der Waals surface area contributed by atoms with Crippen molar-refractivity contribution < 1.29 is 4.79 Å². The first-order valence-corrected chi connectivity index (χ1v) is 9.90. The average molecular weight is 374 g/mol. The number of amides is 1. The fourth-order valence-electron chi connectivity index (χ4n) is 6.41. The lowest BCUT2D eigenvalue weighted by Gasteiger charge is -2.60. The number of hydrogen-bond donors (Lipinski definition) is 0. The van der Waals surface area contributed by atoms with Crippen molar-refractivity contribution in [2.45, 2.75) is 55.8 Å². The van der Waals surface area contributed by atoms with Crippen molar-refractivity contribution >= 4 is 21.8 Å². The fraction of sp³-hybridized carbons (Fsp3) is 0.650. The molecule has 2 atom stereocenters. The molecule has 23 heavy (non-hydrogen) atoms. The van der Waals surface area contributed by atoms with E-state index in [9.17, 15) is 4.79 Å². The van der Waals surface area contributed by atoms with E-state index in [0.717, 1.165) is 50.6 Å². The Kier molecular flexibility index (Phi) is 3.05. The van der Waals surface area contributed by atoms with Gasteiger partial charge in [-0.2, -0.15) is 0 Å². The Labute approximate surface area is 146 Å². The second kappa shape index (κ2) is 4.84. The second-order valence-corrected chi connectivity index (χ2v) is 10.3. The van der Waals surface area contributed by atoms with Gasteiger partial charge < -0.3 is 4.90 Å². The topological polar surface area (TPSA) is 20.3 Å². The molecule has 1 aromatic carbocycles. The number of rotatable bonds is 1. The van der Waals surface area contributed by atoms with Crippen LogP contribution >= 0.6 is 15.9 Å². The number of halogens is 1. The van der Waals surface area contributed by atoms with E-state index >= 15 is 0 Å². The summed E-state index contributed by atoms with van der Waals surface area (Å²) in [5.41, 5.74) is 2.73. The zero-order valence-corrected chi connectivity index (χ0v) is 15.1. The maximum atomic E-state index is 13.5. The molecular formula is C20H24BrNO. The standard InChI is InChI=1S/C20H24BrNO/c21-20-10-14-7-15(11-20)9-19(8-14,13-20)18(23)22-6-5-16-3-1-2-4-17(16)12-22/h1-4,14-15H,5-13H2. The summed E-state index contributed by atoms with van der Waals surface area (Å²) in [6.45, 7) is 1.73. The van der Waals surface area contributed by atoms with E-state index in [0.29, 0.717) is 5.91 Å². The Bertz CT molecular complexity index is 655. The summed E-state index contributed by atoms with van der Waals surface area (Å²) in [7, 11) is 0. The highest BCUT2D eigenvalue weighted by atomic mass is 79.9. The van der Waals surface area contributed by atoms with E-state index in [1.807, 2.05) is 0 Å². The first-order valence-electron chi connectivity index (χ1n) is 9.10. The van der Waals surface area contributed by atoms with Gasteiger partial charge in [0.2, 0.25) is 5.91 Å². The van der Waals surface area contributed by atoms with Gasteiger partial charge in [-0.05, 0) is 67.9 Å². The third-order valence-electron chi connectivity index (χ3n) is 6.86. The fourth-order valence-corrected chi connectivity index (χ4v) is 7.86. The van der Waals surface area contributed by atoms with Crippen LogP contribution in [-0.4, -0.2) is 21.7 Å². The quantitative estimate of drug-likeness (QED) is 0.671. The SMILES string of the molecule is O=C(N1CCc2ccccc2C1)C12CC3CC(CC(Br)(C3)C1)C2. The van der Waals surface area contributed by atoms with E-state index in [2.05, 4.69) is 45.1 Å². The average Bonchev–Trinajstić information content (AvgIpc) is 2.51. The van der Waals surface area contributed by atoms with Gasteiger partial charge in [0.15, 0.2) is 0 Å². The van der Waals surface area contributed by atoms with Crippen molar-refractivity contribution in [3.05, 3.63) is 35.4 Å². The van der Waals surface area contributed by atoms with Crippen molar-refractivity contribution in [2.24, 2.45) is 17.3 Å². The van der Waals surface area contributed by atoms with Crippen LogP contribution in [0.25, 0.3) is 0 Å². The van der Waals surface area contributed by atoms with Crippen LogP contribution in [0.3, 0.4) is 0 Å². The summed E-state index contributed by atoms with van der Waals surface area (Å²) in [6, 6.07) is 8.63. The van der Waals surface area contributed by atoms with Crippen molar-refractivity contribution in [3.63, 3.8) is 0 Å². The second-order valence-electron chi connectivity index (χ2n) is 8.64. The number of alkyl halides is 1. The highest BCUT2D eigenvalue weighted by molar-refractivity contribution is 9.10. The Balaban J connectivity index is 1.43. The third kappa shape index (κ3) is 2.22. The summed E-state index contributed by atoms with van der Waals surface area (Å²) >= 11 is 4.04. The molecule has 4 saturated carbocycles. The van der Waals surface area contributed by atoms with Crippen molar-refractivity contribution in [2.75, 3.05) is 6.54 Å². The molecule has 3 heteroatoms. The zero-order valence-electron chi connectivity index (χ0n) is 13.6. The highest BCUT2D eigenvalue weighted by Gasteiger charge is 2.60. The van der Waals surface area contributed by atoms with Gasteiger partial charge in [0.1, 0.15) is 0 Å². The zero-order chi connectivity index (χ0) is 15.7. The molecular weight excluding hydrogens is 350 g/mol. The van der Waals surface area contributed by atoms with Gasteiger partial charge in [-0.1, -0.05) is 40.2 Å². The lowest BCUT2D eigenvalue weighted by atomic mass is 9.49. The van der Waals surface area contributed by atoms with Gasteiger partial charge in [-0.3, -0.25) is 4.79 Å². The lowest BCUT2D eigenvalue weighted by Crippen LogP contribution is -2.59. The van der Waals surface area contributed by atoms with Crippen molar-refractivity contribution in [1.82, 2.24) is 4.90 Å². The van der Waals surface area contributed by atoms with Crippen LogP contribution < -0.4 is 0 Å². The monoisotopic (exact) mass is 373 g/mol. The van der Waals surface area contributed by atoms with Crippen molar-refractivity contribution in [3.8, 4) is 0 Å². The maximum absolute atomic E-state index is 13.5. The molecule has 4 fully saturated rings. The molecule has 0 spiro atoms. The first kappa shape index (κ1) is 14.5. The van der Waals surface area contributed by atoms with E-state index in [1.165, 1.54) is 30.4 Å². The molecule has 0 N–H and O–H groups in total. The van der Waals surface area contributed by atoms with Crippen LogP contribution in [0.15, 0.2) is 24.3 Å². The Hall–Kier alpha value is -0.830. The summed E-state index contributed by atoms with van der Waals surface area (Å²) in [5, 5.41) is 0. The van der Waals surface area contributed by atoms with E-state index in [1.54, 1.807) is 0 Å². The van der Waals surface area contributed by atoms with Gasteiger partial charge in [0.25, 0.3) is 0 Å². The van der Waals surface area contributed by atoms with E-state index in [-0.39, 0.29) is 9.74 Å². The maximum Gasteiger partial charge on any atom is 0.229 e. The third-order valence-corrected chi connectivity index (χ3v) is 7.79. The molecule has 4 aliphatic carbocycles. The van der Waals surface area contributed by atoms with Gasteiger partial charge in [0, 0.05) is 17.4 Å². The van der Waals surface area contributed by atoms with Crippen LogP contribution in [0.2, 0.25) is 0 Å². The molecule has 0 radical (unpaired) electrons.